The molecule has 0 spiro atoms. The monoisotopic (exact) mass is 277 g/mol. The minimum atomic E-state index is 0.782. The summed E-state index contributed by atoms with van der Waals surface area (Å²) in [5.41, 5.74) is 21.3. The number of nitrogen functional groups attached to an aromatic ring is 3. The smallest absolute Gasteiger partial charge is 0.0314 e. The zero-order chi connectivity index (χ0) is 15.1. The highest BCUT2D eigenvalue weighted by Crippen LogP contribution is 2.21. The number of anilines is 3. The summed E-state index contributed by atoms with van der Waals surface area (Å²) >= 11 is 0. The van der Waals surface area contributed by atoms with Gasteiger partial charge in [-0.25, -0.2) is 0 Å². The van der Waals surface area contributed by atoms with Crippen molar-refractivity contribution in [2.24, 2.45) is 0 Å². The summed E-state index contributed by atoms with van der Waals surface area (Å²) in [6.07, 6.45) is 0. The van der Waals surface area contributed by atoms with E-state index in [0.29, 0.717) is 0 Å². The van der Waals surface area contributed by atoms with Gasteiger partial charge in [-0.2, -0.15) is 0 Å². The second-order valence-electron chi connectivity index (χ2n) is 4.65. The van der Waals surface area contributed by atoms with E-state index in [9.17, 15) is 0 Å². The Labute approximate surface area is 125 Å². The molecule has 0 aromatic heterocycles. The highest BCUT2D eigenvalue weighted by atomic mass is 14.5. The Hall–Kier alpha value is -2.94. The first kappa shape index (κ1) is 14.5. The van der Waals surface area contributed by atoms with Crippen LogP contribution in [-0.4, -0.2) is 0 Å². The van der Waals surface area contributed by atoms with E-state index in [0.717, 1.165) is 28.2 Å². The van der Waals surface area contributed by atoms with Gasteiger partial charge in [-0.15, -0.1) is 0 Å². The molecule has 0 aliphatic rings. The molecule has 3 aromatic rings. The van der Waals surface area contributed by atoms with Gasteiger partial charge in [0.15, 0.2) is 0 Å². The van der Waals surface area contributed by atoms with Crippen molar-refractivity contribution in [2.75, 3.05) is 17.2 Å². The first-order valence-corrected chi connectivity index (χ1v) is 6.67. The zero-order valence-corrected chi connectivity index (χ0v) is 11.7. The van der Waals surface area contributed by atoms with E-state index in [1.165, 1.54) is 0 Å². The van der Waals surface area contributed by atoms with Gasteiger partial charge in [-0.3, -0.25) is 0 Å². The van der Waals surface area contributed by atoms with Crippen LogP contribution in [0.5, 0.6) is 0 Å². The third kappa shape index (κ3) is 4.58. The predicted octanol–water partition coefficient (Wildman–Crippen LogP) is 3.79. The molecule has 0 aliphatic carbocycles. The molecule has 0 amide bonds. The molecule has 3 heteroatoms. The Morgan fingerprint density at radius 1 is 0.381 bits per heavy atom. The molecule has 0 fully saturated rings. The third-order valence-electron chi connectivity index (χ3n) is 2.95. The maximum absolute atomic E-state index is 5.61. The lowest BCUT2D eigenvalue weighted by atomic mass is 10.1. The molecular formula is C18H19N3. The molecule has 106 valence electrons. The van der Waals surface area contributed by atoms with Gasteiger partial charge in [0, 0.05) is 17.1 Å². The number of hydrogen-bond donors (Lipinski definition) is 3. The summed E-state index contributed by atoms with van der Waals surface area (Å²) in [6, 6.07) is 25.1. The molecule has 3 rings (SSSR count). The number of para-hydroxylation sites is 1. The average Bonchev–Trinajstić information content (AvgIpc) is 2.50. The van der Waals surface area contributed by atoms with Crippen LogP contribution in [0, 0.1) is 0 Å². The second-order valence-corrected chi connectivity index (χ2v) is 4.65. The van der Waals surface area contributed by atoms with Crippen molar-refractivity contribution in [3.63, 3.8) is 0 Å². The Balaban J connectivity index is 0.000000194. The van der Waals surface area contributed by atoms with E-state index in [2.05, 4.69) is 0 Å². The zero-order valence-electron chi connectivity index (χ0n) is 11.7. The topological polar surface area (TPSA) is 78.1 Å². The lowest BCUT2D eigenvalue weighted by Gasteiger charge is -2.02. The first-order valence-electron chi connectivity index (χ1n) is 6.67. The van der Waals surface area contributed by atoms with Crippen LogP contribution in [0.2, 0.25) is 0 Å². The summed E-state index contributed by atoms with van der Waals surface area (Å²) in [7, 11) is 0. The molecule has 3 nitrogen and oxygen atoms in total. The molecule has 0 unspecified atom stereocenters. The van der Waals surface area contributed by atoms with Gasteiger partial charge in [0.1, 0.15) is 0 Å². The third-order valence-corrected chi connectivity index (χ3v) is 2.95. The molecule has 0 saturated heterocycles. The summed E-state index contributed by atoms with van der Waals surface area (Å²) in [5, 5.41) is 0. The molecule has 6 N–H and O–H groups in total. The van der Waals surface area contributed by atoms with Crippen LogP contribution < -0.4 is 17.2 Å². The molecule has 0 radical (unpaired) electrons. The van der Waals surface area contributed by atoms with Crippen LogP contribution in [0.1, 0.15) is 0 Å². The maximum atomic E-state index is 5.61. The highest BCUT2D eigenvalue weighted by molar-refractivity contribution is 5.67. The largest absolute Gasteiger partial charge is 0.399 e. The minimum absolute atomic E-state index is 0.782. The summed E-state index contributed by atoms with van der Waals surface area (Å²) in [4.78, 5) is 0. The van der Waals surface area contributed by atoms with Crippen LogP contribution in [0.3, 0.4) is 0 Å². The highest BCUT2D eigenvalue weighted by Gasteiger charge is 1.95. The van der Waals surface area contributed by atoms with Gasteiger partial charge in [0.2, 0.25) is 0 Å². The molecule has 0 aliphatic heterocycles. The van der Waals surface area contributed by atoms with Crippen molar-refractivity contribution in [3.8, 4) is 11.1 Å². The average molecular weight is 277 g/mol. The van der Waals surface area contributed by atoms with E-state index in [4.69, 9.17) is 17.2 Å². The molecule has 3 aromatic carbocycles. The molecular weight excluding hydrogens is 258 g/mol. The fourth-order valence-electron chi connectivity index (χ4n) is 1.80. The van der Waals surface area contributed by atoms with Gasteiger partial charge in [-0.1, -0.05) is 42.5 Å². The lowest BCUT2D eigenvalue weighted by Crippen LogP contribution is -1.85. The molecule has 0 heterocycles. The number of rotatable bonds is 1. The molecule has 21 heavy (non-hydrogen) atoms. The number of nitrogens with two attached hydrogens (primary N) is 3. The van der Waals surface area contributed by atoms with Crippen LogP contribution in [0.4, 0.5) is 17.1 Å². The van der Waals surface area contributed by atoms with Crippen LogP contribution in [0.15, 0.2) is 78.9 Å². The van der Waals surface area contributed by atoms with Gasteiger partial charge < -0.3 is 17.2 Å². The Morgan fingerprint density at radius 3 is 1.00 bits per heavy atom. The van der Waals surface area contributed by atoms with Crippen molar-refractivity contribution in [1.29, 1.82) is 0 Å². The molecule has 0 saturated carbocycles. The normalized spacial score (nSPS) is 9.52. The van der Waals surface area contributed by atoms with Crippen molar-refractivity contribution >= 4 is 17.1 Å². The maximum Gasteiger partial charge on any atom is 0.0314 e. The van der Waals surface area contributed by atoms with E-state index in [1.54, 1.807) is 0 Å². The van der Waals surface area contributed by atoms with Crippen molar-refractivity contribution in [1.82, 2.24) is 0 Å². The first-order chi connectivity index (χ1) is 10.1. The van der Waals surface area contributed by atoms with Gasteiger partial charge in [0.05, 0.1) is 0 Å². The summed E-state index contributed by atoms with van der Waals surface area (Å²) < 4.78 is 0. The van der Waals surface area contributed by atoms with Crippen LogP contribution >= 0.6 is 0 Å². The van der Waals surface area contributed by atoms with Gasteiger partial charge >= 0.3 is 0 Å². The summed E-state index contributed by atoms with van der Waals surface area (Å²) in [5.74, 6) is 0. The fraction of sp³-hybridized carbons (Fsp3) is 0. The van der Waals surface area contributed by atoms with E-state index in [-0.39, 0.29) is 0 Å². The van der Waals surface area contributed by atoms with E-state index in [1.807, 2.05) is 78.9 Å². The van der Waals surface area contributed by atoms with E-state index >= 15 is 0 Å². The number of benzene rings is 3. The van der Waals surface area contributed by atoms with Crippen LogP contribution in [0.25, 0.3) is 11.1 Å². The van der Waals surface area contributed by atoms with Crippen molar-refractivity contribution < 1.29 is 0 Å². The van der Waals surface area contributed by atoms with Crippen LogP contribution in [-0.2, 0) is 0 Å². The van der Waals surface area contributed by atoms with Crippen molar-refractivity contribution in [3.05, 3.63) is 78.9 Å². The molecule has 0 atom stereocenters. The Morgan fingerprint density at radius 2 is 0.714 bits per heavy atom. The summed E-state index contributed by atoms with van der Waals surface area (Å²) in [6.45, 7) is 0. The number of hydrogen-bond acceptors (Lipinski definition) is 3. The lowest BCUT2D eigenvalue weighted by molar-refractivity contribution is 1.61. The fourth-order valence-corrected chi connectivity index (χ4v) is 1.80. The van der Waals surface area contributed by atoms with Gasteiger partial charge in [-0.05, 0) is 47.5 Å². The quantitative estimate of drug-likeness (QED) is 0.592. The second kappa shape index (κ2) is 7.01. The van der Waals surface area contributed by atoms with Crippen molar-refractivity contribution in [2.45, 2.75) is 0 Å². The standard InChI is InChI=1S/C12H12N2.C6H7N/c13-11-5-1-9(2-6-11)10-3-7-12(14)8-4-10;7-6-4-2-1-3-5-6/h1-8H,13-14H2;1-5H,7H2. The van der Waals surface area contributed by atoms with Gasteiger partial charge in [0.25, 0.3) is 0 Å². The SMILES string of the molecule is Nc1ccc(-c2ccc(N)cc2)cc1.Nc1ccccc1. The Bertz CT molecular complexity index is 616. The Kier molecular flexibility index (Phi) is 4.83. The minimum Gasteiger partial charge on any atom is -0.399 e. The molecule has 0 bridgehead atoms. The van der Waals surface area contributed by atoms with E-state index < -0.39 is 0 Å². The predicted molar refractivity (Wildman–Crippen MR) is 91.6 cm³/mol.